The lowest BCUT2D eigenvalue weighted by Crippen LogP contribution is -2.49. The van der Waals surface area contributed by atoms with Gasteiger partial charge in [0, 0.05) is 6.42 Å². The number of benzene rings is 1. The summed E-state index contributed by atoms with van der Waals surface area (Å²) < 4.78 is 0. The molecule has 96 valence electrons. The molecule has 0 bridgehead atoms. The SMILES string of the molecule is CCCC1(C)CC(=O)NC(=O)C1c1ccccc1. The summed E-state index contributed by atoms with van der Waals surface area (Å²) in [6.07, 6.45) is 2.28. The Bertz CT molecular complexity index is 455. The fourth-order valence-electron chi connectivity index (χ4n) is 3.04. The minimum absolute atomic E-state index is 0.150. The fourth-order valence-corrected chi connectivity index (χ4v) is 3.04. The van der Waals surface area contributed by atoms with Crippen LogP contribution in [0.3, 0.4) is 0 Å². The van der Waals surface area contributed by atoms with E-state index in [-0.39, 0.29) is 23.1 Å². The molecule has 1 N–H and O–H groups in total. The van der Waals surface area contributed by atoms with E-state index < -0.39 is 0 Å². The van der Waals surface area contributed by atoms with Gasteiger partial charge in [0.25, 0.3) is 0 Å². The second-order valence-electron chi connectivity index (χ2n) is 5.34. The molecule has 0 aromatic heterocycles. The number of carbonyl (C=O) groups excluding carboxylic acids is 2. The van der Waals surface area contributed by atoms with Crippen LogP contribution in [0.4, 0.5) is 0 Å². The number of amides is 2. The highest BCUT2D eigenvalue weighted by Gasteiger charge is 2.45. The van der Waals surface area contributed by atoms with Crippen LogP contribution in [0.2, 0.25) is 0 Å². The average Bonchev–Trinajstić information content (AvgIpc) is 2.28. The van der Waals surface area contributed by atoms with Crippen molar-refractivity contribution in [2.75, 3.05) is 0 Å². The third-order valence-electron chi connectivity index (χ3n) is 3.74. The molecular weight excluding hydrogens is 226 g/mol. The maximum atomic E-state index is 12.2. The summed E-state index contributed by atoms with van der Waals surface area (Å²) >= 11 is 0. The maximum absolute atomic E-state index is 12.2. The van der Waals surface area contributed by atoms with E-state index in [1.165, 1.54) is 0 Å². The Morgan fingerprint density at radius 3 is 2.56 bits per heavy atom. The van der Waals surface area contributed by atoms with E-state index in [1.54, 1.807) is 0 Å². The van der Waals surface area contributed by atoms with E-state index in [9.17, 15) is 9.59 Å². The summed E-state index contributed by atoms with van der Waals surface area (Å²) in [5, 5.41) is 2.46. The van der Waals surface area contributed by atoms with Crippen LogP contribution in [0, 0.1) is 5.41 Å². The van der Waals surface area contributed by atoms with Crippen molar-refractivity contribution >= 4 is 11.8 Å². The van der Waals surface area contributed by atoms with Crippen LogP contribution in [0.15, 0.2) is 30.3 Å². The number of imide groups is 1. The topological polar surface area (TPSA) is 46.2 Å². The van der Waals surface area contributed by atoms with E-state index in [1.807, 2.05) is 37.3 Å². The van der Waals surface area contributed by atoms with Crippen molar-refractivity contribution in [3.8, 4) is 0 Å². The molecule has 18 heavy (non-hydrogen) atoms. The van der Waals surface area contributed by atoms with E-state index in [0.717, 1.165) is 18.4 Å². The standard InChI is InChI=1S/C15H19NO2/c1-3-9-15(2)10-12(17)16-14(18)13(15)11-7-5-4-6-8-11/h4-8,13H,3,9-10H2,1-2H3,(H,16,17,18). The van der Waals surface area contributed by atoms with Crippen LogP contribution in [0.5, 0.6) is 0 Å². The van der Waals surface area contributed by atoms with Gasteiger partial charge in [-0.15, -0.1) is 0 Å². The Hall–Kier alpha value is -1.64. The molecule has 1 aliphatic rings. The van der Waals surface area contributed by atoms with Gasteiger partial charge in [-0.05, 0) is 17.4 Å². The van der Waals surface area contributed by atoms with Gasteiger partial charge in [-0.1, -0.05) is 50.6 Å². The first-order valence-electron chi connectivity index (χ1n) is 6.45. The molecule has 3 heteroatoms. The lowest BCUT2D eigenvalue weighted by molar-refractivity contribution is -0.139. The Labute approximate surface area is 108 Å². The predicted molar refractivity (Wildman–Crippen MR) is 70.0 cm³/mol. The van der Waals surface area contributed by atoms with Crippen molar-refractivity contribution in [2.24, 2.45) is 5.41 Å². The van der Waals surface area contributed by atoms with E-state index in [2.05, 4.69) is 12.2 Å². The highest BCUT2D eigenvalue weighted by Crippen LogP contribution is 2.44. The summed E-state index contributed by atoms with van der Waals surface area (Å²) in [6.45, 7) is 4.13. The number of piperidine rings is 1. The molecule has 0 spiro atoms. The lowest BCUT2D eigenvalue weighted by Gasteiger charge is -2.40. The minimum Gasteiger partial charge on any atom is -0.296 e. The van der Waals surface area contributed by atoms with Gasteiger partial charge in [0.15, 0.2) is 0 Å². The zero-order valence-corrected chi connectivity index (χ0v) is 10.9. The van der Waals surface area contributed by atoms with Gasteiger partial charge in [0.2, 0.25) is 11.8 Å². The molecule has 3 nitrogen and oxygen atoms in total. The van der Waals surface area contributed by atoms with E-state index in [4.69, 9.17) is 0 Å². The Morgan fingerprint density at radius 2 is 1.94 bits per heavy atom. The van der Waals surface area contributed by atoms with Crippen LogP contribution in [0.1, 0.15) is 44.6 Å². The van der Waals surface area contributed by atoms with Gasteiger partial charge < -0.3 is 0 Å². The molecule has 1 aromatic carbocycles. The van der Waals surface area contributed by atoms with Gasteiger partial charge in [-0.25, -0.2) is 0 Å². The number of rotatable bonds is 3. The Kier molecular flexibility index (Phi) is 3.50. The molecule has 1 aliphatic heterocycles. The van der Waals surface area contributed by atoms with Gasteiger partial charge in [-0.3, -0.25) is 14.9 Å². The van der Waals surface area contributed by atoms with Gasteiger partial charge in [0.1, 0.15) is 0 Å². The first kappa shape index (κ1) is 12.8. The minimum atomic E-state index is -0.268. The second-order valence-corrected chi connectivity index (χ2v) is 5.34. The van der Waals surface area contributed by atoms with Gasteiger partial charge in [0.05, 0.1) is 5.92 Å². The lowest BCUT2D eigenvalue weighted by atomic mass is 9.66. The number of hydrogen-bond acceptors (Lipinski definition) is 2. The average molecular weight is 245 g/mol. The summed E-state index contributed by atoms with van der Waals surface area (Å²) in [5.74, 6) is -0.534. The summed E-state index contributed by atoms with van der Waals surface area (Å²) in [4.78, 5) is 23.8. The van der Waals surface area contributed by atoms with Gasteiger partial charge >= 0.3 is 0 Å². The highest BCUT2D eigenvalue weighted by atomic mass is 16.2. The molecule has 0 saturated carbocycles. The van der Waals surface area contributed by atoms with E-state index in [0.29, 0.717) is 6.42 Å². The quantitative estimate of drug-likeness (QED) is 0.832. The van der Waals surface area contributed by atoms with Crippen molar-refractivity contribution in [3.63, 3.8) is 0 Å². The van der Waals surface area contributed by atoms with Crippen LogP contribution < -0.4 is 5.32 Å². The van der Waals surface area contributed by atoms with Crippen LogP contribution in [0.25, 0.3) is 0 Å². The summed E-state index contributed by atoms with van der Waals surface area (Å²) in [6, 6.07) is 9.74. The van der Waals surface area contributed by atoms with Crippen molar-refractivity contribution in [2.45, 2.75) is 39.0 Å². The van der Waals surface area contributed by atoms with Crippen LogP contribution >= 0.6 is 0 Å². The molecular formula is C15H19NO2. The van der Waals surface area contributed by atoms with Crippen molar-refractivity contribution < 1.29 is 9.59 Å². The second kappa shape index (κ2) is 4.92. The molecule has 1 aromatic rings. The van der Waals surface area contributed by atoms with Gasteiger partial charge in [-0.2, -0.15) is 0 Å². The summed E-state index contributed by atoms with van der Waals surface area (Å²) in [5.41, 5.74) is 0.730. The molecule has 0 radical (unpaired) electrons. The molecule has 0 aliphatic carbocycles. The van der Waals surface area contributed by atoms with Crippen molar-refractivity contribution in [1.29, 1.82) is 0 Å². The van der Waals surface area contributed by atoms with Crippen molar-refractivity contribution in [1.82, 2.24) is 5.32 Å². The Morgan fingerprint density at radius 1 is 1.28 bits per heavy atom. The highest BCUT2D eigenvalue weighted by molar-refractivity contribution is 6.02. The zero-order chi connectivity index (χ0) is 13.2. The van der Waals surface area contributed by atoms with E-state index >= 15 is 0 Å². The first-order valence-corrected chi connectivity index (χ1v) is 6.45. The predicted octanol–water partition coefficient (Wildman–Crippen LogP) is 2.62. The molecule has 2 atom stereocenters. The smallest absolute Gasteiger partial charge is 0.234 e. The molecule has 1 heterocycles. The fraction of sp³-hybridized carbons (Fsp3) is 0.467. The molecule has 1 saturated heterocycles. The monoisotopic (exact) mass is 245 g/mol. The molecule has 2 unspecified atom stereocenters. The zero-order valence-electron chi connectivity index (χ0n) is 10.9. The summed E-state index contributed by atoms with van der Waals surface area (Å²) in [7, 11) is 0. The number of carbonyl (C=O) groups is 2. The normalized spacial score (nSPS) is 28.0. The van der Waals surface area contributed by atoms with Crippen molar-refractivity contribution in [3.05, 3.63) is 35.9 Å². The number of hydrogen-bond donors (Lipinski definition) is 1. The largest absolute Gasteiger partial charge is 0.296 e. The molecule has 1 fully saturated rings. The molecule has 2 rings (SSSR count). The third kappa shape index (κ3) is 2.30. The Balaban J connectivity index is 2.40. The van der Waals surface area contributed by atoms with Crippen LogP contribution in [-0.2, 0) is 9.59 Å². The van der Waals surface area contributed by atoms with Crippen LogP contribution in [-0.4, -0.2) is 11.8 Å². The third-order valence-corrected chi connectivity index (χ3v) is 3.74. The maximum Gasteiger partial charge on any atom is 0.234 e. The first-order chi connectivity index (χ1) is 8.57. The molecule has 2 amide bonds. The number of nitrogens with one attached hydrogen (secondary N) is 1.